The number of carbonyl (C=O) groups is 1. The topological polar surface area (TPSA) is 102 Å². The molecule has 3 aromatic rings. The lowest BCUT2D eigenvalue weighted by molar-refractivity contribution is 0.0995. The summed E-state index contributed by atoms with van der Waals surface area (Å²) in [7, 11) is -3.50. The Morgan fingerprint density at radius 1 is 1.11 bits per heavy atom. The first-order valence-electron chi connectivity index (χ1n) is 10.7. The van der Waals surface area contributed by atoms with E-state index in [2.05, 4.69) is 27.9 Å². The first-order valence-corrected chi connectivity index (χ1v) is 13.2. The van der Waals surface area contributed by atoms with Crippen molar-refractivity contribution in [3.63, 3.8) is 0 Å². The van der Waals surface area contributed by atoms with E-state index < -0.39 is 49.5 Å². The maximum Gasteiger partial charge on any atom is 0.270 e. The van der Waals surface area contributed by atoms with E-state index in [1.54, 1.807) is 42.5 Å². The van der Waals surface area contributed by atoms with E-state index in [0.29, 0.717) is 5.69 Å². The number of benzene rings is 3. The lowest BCUT2D eigenvalue weighted by atomic mass is 10.1. The van der Waals surface area contributed by atoms with Crippen LogP contribution in [0.25, 0.3) is 0 Å². The van der Waals surface area contributed by atoms with Gasteiger partial charge in [-0.25, -0.2) is 17.2 Å². The van der Waals surface area contributed by atoms with E-state index in [-0.39, 0.29) is 18.2 Å². The Bertz CT molecular complexity index is 1370. The third-order valence-electron chi connectivity index (χ3n) is 5.55. The lowest BCUT2D eigenvalue weighted by Gasteiger charge is -2.24. The summed E-state index contributed by atoms with van der Waals surface area (Å²) in [6.07, 6.45) is 1.69. The van der Waals surface area contributed by atoms with E-state index in [4.69, 9.17) is 10.5 Å². The van der Waals surface area contributed by atoms with Crippen LogP contribution in [0.5, 0.6) is 5.75 Å². The van der Waals surface area contributed by atoms with Crippen molar-refractivity contribution in [3.8, 4) is 5.75 Å². The Kier molecular flexibility index (Phi) is 7.17. The minimum Gasteiger partial charge on any atom is -0.491 e. The normalized spacial score (nSPS) is 13.4. The summed E-state index contributed by atoms with van der Waals surface area (Å²) >= 11 is 2.08. The molecule has 0 aliphatic heterocycles. The maximum atomic E-state index is 15.6. The van der Waals surface area contributed by atoms with E-state index in [0.717, 1.165) is 20.7 Å². The summed E-state index contributed by atoms with van der Waals surface area (Å²) in [5.74, 6) is -4.88. The number of rotatable bonds is 9. The molecule has 7 nitrogen and oxygen atoms in total. The van der Waals surface area contributed by atoms with Crippen LogP contribution in [0.2, 0.25) is 0 Å². The first-order chi connectivity index (χ1) is 16.6. The molecule has 4 rings (SSSR count). The highest BCUT2D eigenvalue weighted by atomic mass is 127. The highest BCUT2D eigenvalue weighted by molar-refractivity contribution is 14.1. The highest BCUT2D eigenvalue weighted by Crippen LogP contribution is 2.42. The van der Waals surface area contributed by atoms with Crippen LogP contribution < -0.4 is 20.1 Å². The molecular weight excluding hydrogens is 591 g/mol. The number of hydrogen-bond acceptors (Lipinski definition) is 5. The summed E-state index contributed by atoms with van der Waals surface area (Å²) in [6.45, 7) is 0.0336. The summed E-state index contributed by atoms with van der Waals surface area (Å²) in [5.41, 5.74) is 4.96. The number of sulfonamides is 1. The Morgan fingerprint density at radius 2 is 1.74 bits per heavy atom. The zero-order valence-corrected chi connectivity index (χ0v) is 21.6. The van der Waals surface area contributed by atoms with Crippen molar-refractivity contribution >= 4 is 55.6 Å². The first kappa shape index (κ1) is 25.2. The molecule has 1 amide bonds. The standard InChI is InChI=1S/C24H22F2IN3O4S/c1-30(17-5-3-2-4-6-17)35(32,33)23-20(26)19(25)21(29-16-11-9-15(27)10-12-16)18(24(28)31)22(23)34-13-14-7-8-14/h2-6,9-12,14,29H,7-8,13H2,1H3,(H2,28,31). The molecule has 11 heteroatoms. The monoisotopic (exact) mass is 613 g/mol. The Hall–Kier alpha value is -2.93. The van der Waals surface area contributed by atoms with Crippen LogP contribution >= 0.6 is 22.6 Å². The molecule has 0 atom stereocenters. The van der Waals surface area contributed by atoms with Crippen LogP contribution in [0, 0.1) is 21.1 Å². The van der Waals surface area contributed by atoms with Crippen molar-refractivity contribution < 1.29 is 26.7 Å². The fraction of sp³-hybridized carbons (Fsp3) is 0.208. The number of nitrogens with zero attached hydrogens (tertiary/aromatic N) is 1. The van der Waals surface area contributed by atoms with Crippen molar-refractivity contribution in [2.24, 2.45) is 11.7 Å². The third kappa shape index (κ3) is 5.20. The average Bonchev–Trinajstić information content (AvgIpc) is 3.66. The van der Waals surface area contributed by atoms with Crippen LogP contribution in [0.3, 0.4) is 0 Å². The number of amides is 1. The predicted octanol–water partition coefficient (Wildman–Crippen LogP) is 5.03. The minimum atomic E-state index is -4.70. The Morgan fingerprint density at radius 3 is 2.31 bits per heavy atom. The predicted molar refractivity (Wildman–Crippen MR) is 138 cm³/mol. The van der Waals surface area contributed by atoms with Gasteiger partial charge in [-0.2, -0.15) is 0 Å². The van der Waals surface area contributed by atoms with E-state index >= 15 is 8.78 Å². The van der Waals surface area contributed by atoms with Crippen molar-refractivity contribution in [3.05, 3.63) is 75.4 Å². The molecule has 1 saturated carbocycles. The molecular formula is C24H22F2IN3O4S. The molecule has 1 fully saturated rings. The fourth-order valence-corrected chi connectivity index (χ4v) is 5.19. The van der Waals surface area contributed by atoms with E-state index in [9.17, 15) is 13.2 Å². The maximum absolute atomic E-state index is 15.6. The molecule has 35 heavy (non-hydrogen) atoms. The van der Waals surface area contributed by atoms with Gasteiger partial charge in [0, 0.05) is 16.3 Å². The highest BCUT2D eigenvalue weighted by Gasteiger charge is 2.38. The molecule has 0 unspecified atom stereocenters. The Balaban J connectivity index is 1.93. The summed E-state index contributed by atoms with van der Waals surface area (Å²) in [6, 6.07) is 14.5. The number of carbonyl (C=O) groups excluding carboxylic acids is 1. The van der Waals surface area contributed by atoms with Gasteiger partial charge in [0.25, 0.3) is 15.9 Å². The van der Waals surface area contributed by atoms with Gasteiger partial charge in [-0.15, -0.1) is 0 Å². The number of para-hydroxylation sites is 1. The molecule has 184 valence electrons. The van der Waals surface area contributed by atoms with Gasteiger partial charge in [0.1, 0.15) is 5.56 Å². The molecule has 3 aromatic carbocycles. The van der Waals surface area contributed by atoms with Gasteiger partial charge in [0.05, 0.1) is 18.0 Å². The van der Waals surface area contributed by atoms with Gasteiger partial charge in [-0.05, 0) is 77.7 Å². The number of hydrogen-bond donors (Lipinski definition) is 2. The average molecular weight is 613 g/mol. The second kappa shape index (κ2) is 9.97. The molecule has 0 heterocycles. The molecule has 3 N–H and O–H groups in total. The Labute approximate surface area is 215 Å². The second-order valence-corrected chi connectivity index (χ2v) is 11.2. The zero-order chi connectivity index (χ0) is 25.3. The second-order valence-electron chi connectivity index (χ2n) is 8.09. The van der Waals surface area contributed by atoms with Gasteiger partial charge in [0.2, 0.25) is 0 Å². The lowest BCUT2D eigenvalue weighted by Crippen LogP contribution is -2.30. The number of primary amides is 1. The van der Waals surface area contributed by atoms with Crippen molar-refractivity contribution in [2.75, 3.05) is 23.3 Å². The number of nitrogens with one attached hydrogen (secondary N) is 1. The van der Waals surface area contributed by atoms with E-state index in [1.165, 1.54) is 19.2 Å². The molecule has 0 spiro atoms. The van der Waals surface area contributed by atoms with Crippen molar-refractivity contribution in [1.82, 2.24) is 0 Å². The third-order valence-corrected chi connectivity index (χ3v) is 8.08. The fourth-order valence-electron chi connectivity index (χ4n) is 3.44. The zero-order valence-electron chi connectivity index (χ0n) is 18.6. The SMILES string of the molecule is CN(c1ccccc1)S(=O)(=O)c1c(F)c(F)c(Nc2ccc(I)cc2)c(C(N)=O)c1OCC1CC1. The van der Waals surface area contributed by atoms with Gasteiger partial charge in [-0.1, -0.05) is 18.2 Å². The largest absolute Gasteiger partial charge is 0.491 e. The molecule has 0 radical (unpaired) electrons. The summed E-state index contributed by atoms with van der Waals surface area (Å²) in [5, 5.41) is 2.67. The number of nitrogens with two attached hydrogens (primary N) is 1. The smallest absolute Gasteiger partial charge is 0.270 e. The number of anilines is 3. The molecule has 1 aliphatic rings. The van der Waals surface area contributed by atoms with Crippen LogP contribution in [0.15, 0.2) is 59.5 Å². The summed E-state index contributed by atoms with van der Waals surface area (Å²) < 4.78 is 65.5. The molecule has 0 bridgehead atoms. The minimum absolute atomic E-state index is 0.0336. The van der Waals surface area contributed by atoms with Crippen LogP contribution in [-0.2, 0) is 10.0 Å². The van der Waals surface area contributed by atoms with Crippen molar-refractivity contribution in [2.45, 2.75) is 17.7 Å². The summed E-state index contributed by atoms with van der Waals surface area (Å²) in [4.78, 5) is 11.5. The van der Waals surface area contributed by atoms with Gasteiger partial charge < -0.3 is 15.8 Å². The molecule has 0 saturated heterocycles. The van der Waals surface area contributed by atoms with Gasteiger partial charge >= 0.3 is 0 Å². The molecule has 1 aliphatic carbocycles. The van der Waals surface area contributed by atoms with Gasteiger partial charge in [0.15, 0.2) is 22.3 Å². The number of halogens is 3. The van der Waals surface area contributed by atoms with Crippen LogP contribution in [0.1, 0.15) is 23.2 Å². The van der Waals surface area contributed by atoms with E-state index in [1.807, 2.05) is 0 Å². The number of ether oxygens (including phenoxy) is 1. The van der Waals surface area contributed by atoms with Crippen LogP contribution in [-0.4, -0.2) is 28.0 Å². The van der Waals surface area contributed by atoms with Crippen LogP contribution in [0.4, 0.5) is 25.8 Å². The van der Waals surface area contributed by atoms with Crippen molar-refractivity contribution in [1.29, 1.82) is 0 Å². The molecule has 0 aromatic heterocycles. The van der Waals surface area contributed by atoms with Gasteiger partial charge in [-0.3, -0.25) is 9.10 Å². The quantitative estimate of drug-likeness (QED) is 0.330.